The van der Waals surface area contributed by atoms with E-state index >= 15 is 0 Å². The fourth-order valence-corrected chi connectivity index (χ4v) is 2.72. The molecule has 0 amide bonds. The molecule has 0 saturated heterocycles. The van der Waals surface area contributed by atoms with E-state index in [1.807, 2.05) is 0 Å². The molecule has 1 aromatic carbocycles. The number of aliphatic hydroxyl groups excluding tert-OH is 1. The SMILES string of the molecule is O=C(O)[C@H](CCO)NS(=O)(=O)c1ccc([N+](=O)[O-])cc1F. The zero-order chi connectivity index (χ0) is 16.2. The van der Waals surface area contributed by atoms with Crippen molar-refractivity contribution in [1.82, 2.24) is 4.72 Å². The summed E-state index contributed by atoms with van der Waals surface area (Å²) in [5, 5.41) is 27.9. The van der Waals surface area contributed by atoms with Crippen molar-refractivity contribution in [1.29, 1.82) is 0 Å². The molecule has 0 unspecified atom stereocenters. The fourth-order valence-electron chi connectivity index (χ4n) is 1.43. The zero-order valence-corrected chi connectivity index (χ0v) is 11.2. The number of sulfonamides is 1. The molecule has 0 spiro atoms. The number of nitro groups is 1. The third-order valence-corrected chi connectivity index (χ3v) is 3.93. The first-order chi connectivity index (χ1) is 9.69. The summed E-state index contributed by atoms with van der Waals surface area (Å²) < 4.78 is 39.0. The first kappa shape index (κ1) is 16.9. The van der Waals surface area contributed by atoms with E-state index in [9.17, 15) is 27.7 Å². The first-order valence-electron chi connectivity index (χ1n) is 5.49. The highest BCUT2D eigenvalue weighted by molar-refractivity contribution is 7.89. The lowest BCUT2D eigenvalue weighted by molar-refractivity contribution is -0.385. The van der Waals surface area contributed by atoms with E-state index in [2.05, 4.69) is 0 Å². The Balaban J connectivity index is 3.13. The summed E-state index contributed by atoms with van der Waals surface area (Å²) in [6.45, 7) is -0.595. The molecular formula is C10H11FN2O7S. The second kappa shape index (κ2) is 6.56. The summed E-state index contributed by atoms with van der Waals surface area (Å²) in [7, 11) is -4.54. The highest BCUT2D eigenvalue weighted by Crippen LogP contribution is 2.20. The van der Waals surface area contributed by atoms with Crippen LogP contribution in [0.25, 0.3) is 0 Å². The Morgan fingerprint density at radius 2 is 2.10 bits per heavy atom. The van der Waals surface area contributed by atoms with Crippen molar-refractivity contribution in [3.05, 3.63) is 34.1 Å². The summed E-state index contributed by atoms with van der Waals surface area (Å²) in [5.41, 5.74) is -0.642. The van der Waals surface area contributed by atoms with Crippen LogP contribution in [0, 0.1) is 15.9 Å². The molecule has 0 heterocycles. The molecule has 3 N–H and O–H groups in total. The van der Waals surface area contributed by atoms with Crippen LogP contribution in [0.1, 0.15) is 6.42 Å². The lowest BCUT2D eigenvalue weighted by Gasteiger charge is -2.13. The maximum atomic E-state index is 13.6. The number of aliphatic hydroxyl groups is 1. The van der Waals surface area contributed by atoms with E-state index in [4.69, 9.17) is 10.2 Å². The molecule has 9 nitrogen and oxygen atoms in total. The van der Waals surface area contributed by atoms with Crippen molar-refractivity contribution in [2.24, 2.45) is 0 Å². The number of nitrogens with zero attached hydrogens (tertiary/aromatic N) is 1. The molecule has 0 bridgehead atoms. The minimum Gasteiger partial charge on any atom is -0.480 e. The summed E-state index contributed by atoms with van der Waals surface area (Å²) in [6, 6.07) is 0.207. The topological polar surface area (TPSA) is 147 Å². The minimum absolute atomic E-state index is 0.413. The van der Waals surface area contributed by atoms with Gasteiger partial charge in [0, 0.05) is 12.7 Å². The lowest BCUT2D eigenvalue weighted by Crippen LogP contribution is -2.41. The third-order valence-electron chi connectivity index (χ3n) is 2.43. The number of non-ortho nitro benzene ring substituents is 1. The minimum atomic E-state index is -4.54. The number of hydrogen-bond donors (Lipinski definition) is 3. The van der Waals surface area contributed by atoms with Crippen LogP contribution in [-0.4, -0.2) is 42.2 Å². The Kier molecular flexibility index (Phi) is 5.29. The van der Waals surface area contributed by atoms with Gasteiger partial charge in [0.15, 0.2) is 0 Å². The van der Waals surface area contributed by atoms with Crippen molar-refractivity contribution in [3.8, 4) is 0 Å². The molecule has 1 atom stereocenters. The monoisotopic (exact) mass is 322 g/mol. The van der Waals surface area contributed by atoms with Gasteiger partial charge in [0.05, 0.1) is 11.0 Å². The molecule has 11 heteroatoms. The third kappa shape index (κ3) is 4.18. The van der Waals surface area contributed by atoms with Crippen LogP contribution in [0.5, 0.6) is 0 Å². The molecule has 0 aliphatic rings. The quantitative estimate of drug-likeness (QED) is 0.467. The van der Waals surface area contributed by atoms with Crippen molar-refractivity contribution < 1.29 is 32.7 Å². The van der Waals surface area contributed by atoms with Gasteiger partial charge >= 0.3 is 5.97 Å². The molecule has 0 aliphatic heterocycles. The maximum Gasteiger partial charge on any atom is 0.321 e. The van der Waals surface area contributed by atoms with Gasteiger partial charge in [-0.3, -0.25) is 14.9 Å². The molecule has 0 aliphatic carbocycles. The molecule has 21 heavy (non-hydrogen) atoms. The van der Waals surface area contributed by atoms with Gasteiger partial charge in [0.1, 0.15) is 16.8 Å². The second-order valence-electron chi connectivity index (χ2n) is 3.90. The Bertz CT molecular complexity index is 661. The van der Waals surface area contributed by atoms with Gasteiger partial charge in [-0.2, -0.15) is 4.72 Å². The molecule has 0 fully saturated rings. The van der Waals surface area contributed by atoms with Gasteiger partial charge in [-0.15, -0.1) is 0 Å². The first-order valence-corrected chi connectivity index (χ1v) is 6.97. The molecule has 1 rings (SSSR count). The van der Waals surface area contributed by atoms with E-state index in [1.165, 1.54) is 0 Å². The van der Waals surface area contributed by atoms with Crippen LogP contribution in [0.15, 0.2) is 23.1 Å². The number of rotatable bonds is 7. The molecule has 0 saturated carbocycles. The molecule has 1 aromatic rings. The Hall–Kier alpha value is -2.11. The summed E-state index contributed by atoms with van der Waals surface area (Å²) >= 11 is 0. The normalized spacial score (nSPS) is 12.9. The molecule has 116 valence electrons. The average Bonchev–Trinajstić information content (AvgIpc) is 2.37. The summed E-state index contributed by atoms with van der Waals surface area (Å²) in [6.07, 6.45) is -0.414. The van der Waals surface area contributed by atoms with E-state index in [0.29, 0.717) is 12.1 Å². The van der Waals surface area contributed by atoms with Gasteiger partial charge in [0.25, 0.3) is 5.69 Å². The van der Waals surface area contributed by atoms with E-state index < -0.39 is 56.4 Å². The Labute approximate surface area is 118 Å². The standard InChI is InChI=1S/C10H11FN2O7S/c11-7-5-6(13(17)18)1-2-9(7)21(19,20)12-8(3-4-14)10(15)16/h1-2,5,8,12,14H,3-4H2,(H,15,16)/t8-/m0/s1. The summed E-state index contributed by atoms with van der Waals surface area (Å²) in [4.78, 5) is 19.4. The Morgan fingerprint density at radius 3 is 2.52 bits per heavy atom. The second-order valence-corrected chi connectivity index (χ2v) is 5.58. The predicted molar refractivity (Wildman–Crippen MR) is 66.5 cm³/mol. The fraction of sp³-hybridized carbons (Fsp3) is 0.300. The van der Waals surface area contributed by atoms with Crippen molar-refractivity contribution in [3.63, 3.8) is 0 Å². The molecular weight excluding hydrogens is 311 g/mol. The van der Waals surface area contributed by atoms with Gasteiger partial charge in [-0.25, -0.2) is 12.8 Å². The van der Waals surface area contributed by atoms with Crippen LogP contribution in [0.2, 0.25) is 0 Å². The highest BCUT2D eigenvalue weighted by Gasteiger charge is 2.28. The van der Waals surface area contributed by atoms with Crippen LogP contribution >= 0.6 is 0 Å². The van der Waals surface area contributed by atoms with E-state index in [0.717, 1.165) is 6.07 Å². The number of carboxylic acids is 1. The summed E-state index contributed by atoms with van der Waals surface area (Å²) in [5.74, 6) is -2.93. The number of halogens is 1. The number of benzene rings is 1. The van der Waals surface area contributed by atoms with Crippen LogP contribution in [0.3, 0.4) is 0 Å². The number of nitrogens with one attached hydrogen (secondary N) is 1. The average molecular weight is 322 g/mol. The predicted octanol–water partition coefficient (Wildman–Crippen LogP) is -0.152. The number of carbonyl (C=O) groups is 1. The smallest absolute Gasteiger partial charge is 0.321 e. The van der Waals surface area contributed by atoms with Gasteiger partial charge in [0.2, 0.25) is 10.0 Å². The van der Waals surface area contributed by atoms with Crippen molar-refractivity contribution in [2.45, 2.75) is 17.4 Å². The number of nitro benzene ring substituents is 1. The van der Waals surface area contributed by atoms with Crippen molar-refractivity contribution >= 4 is 21.7 Å². The number of hydrogen-bond acceptors (Lipinski definition) is 6. The van der Waals surface area contributed by atoms with Gasteiger partial charge in [-0.05, 0) is 12.5 Å². The van der Waals surface area contributed by atoms with Crippen molar-refractivity contribution in [2.75, 3.05) is 6.61 Å². The molecule has 0 aromatic heterocycles. The van der Waals surface area contributed by atoms with Gasteiger partial charge < -0.3 is 10.2 Å². The van der Waals surface area contributed by atoms with Crippen LogP contribution in [-0.2, 0) is 14.8 Å². The Morgan fingerprint density at radius 1 is 1.48 bits per heavy atom. The maximum absolute atomic E-state index is 13.6. The zero-order valence-electron chi connectivity index (χ0n) is 10.4. The van der Waals surface area contributed by atoms with Gasteiger partial charge in [-0.1, -0.05) is 0 Å². The number of carboxylic acid groups (broad SMARTS) is 1. The molecule has 0 radical (unpaired) electrons. The van der Waals surface area contributed by atoms with Crippen LogP contribution in [0.4, 0.5) is 10.1 Å². The lowest BCUT2D eigenvalue weighted by atomic mass is 10.2. The van der Waals surface area contributed by atoms with Crippen LogP contribution < -0.4 is 4.72 Å². The highest BCUT2D eigenvalue weighted by atomic mass is 32.2. The largest absolute Gasteiger partial charge is 0.480 e. The van der Waals surface area contributed by atoms with E-state index in [-0.39, 0.29) is 0 Å². The number of aliphatic carboxylic acids is 1. The van der Waals surface area contributed by atoms with E-state index in [1.54, 1.807) is 4.72 Å².